The monoisotopic (exact) mass is 334 g/mol. The van der Waals surface area contributed by atoms with Gasteiger partial charge in [-0.2, -0.15) is 0 Å². The lowest BCUT2D eigenvalue weighted by Crippen LogP contribution is -1.93. The Kier molecular flexibility index (Phi) is 4.70. The third kappa shape index (κ3) is 3.63. The van der Waals surface area contributed by atoms with E-state index >= 15 is 0 Å². The Labute approximate surface area is 145 Å². The van der Waals surface area contributed by atoms with Crippen molar-refractivity contribution in [2.24, 2.45) is 0 Å². The maximum absolute atomic E-state index is 12.1. The molecule has 3 rings (SSSR count). The third-order valence-electron chi connectivity index (χ3n) is 3.99. The lowest BCUT2D eigenvalue weighted by atomic mass is 10.0. The van der Waals surface area contributed by atoms with Gasteiger partial charge in [-0.3, -0.25) is 4.79 Å². The Balaban J connectivity index is 2.14. The van der Waals surface area contributed by atoms with Gasteiger partial charge in [0.2, 0.25) is 5.43 Å². The Bertz CT molecular complexity index is 929. The standard InChI is InChI=1S/C21H18O4/c1-24-18-7-3-14(4-8-18)16-11-17(13-21(23)20(22)12-16)15-5-9-19(25-2)10-6-15/h3-13H,1-2H3,(H,22,23). The van der Waals surface area contributed by atoms with Crippen LogP contribution in [0.5, 0.6) is 17.2 Å². The van der Waals surface area contributed by atoms with Crippen molar-refractivity contribution in [2.45, 2.75) is 0 Å². The molecule has 4 nitrogen and oxygen atoms in total. The SMILES string of the molecule is COc1ccc(-c2cc(-c3ccc(OC)cc3)cc(=O)c(O)c2)cc1. The molecule has 0 heterocycles. The molecule has 3 aromatic carbocycles. The minimum absolute atomic E-state index is 0.287. The molecule has 0 amide bonds. The first kappa shape index (κ1) is 16.6. The van der Waals surface area contributed by atoms with Crippen molar-refractivity contribution in [3.8, 4) is 39.5 Å². The summed E-state index contributed by atoms with van der Waals surface area (Å²) in [6.45, 7) is 0. The molecule has 0 unspecified atom stereocenters. The molecule has 0 fully saturated rings. The van der Waals surface area contributed by atoms with E-state index in [1.165, 1.54) is 12.1 Å². The number of aromatic hydroxyl groups is 1. The van der Waals surface area contributed by atoms with Gasteiger partial charge in [0.1, 0.15) is 11.5 Å². The number of hydrogen-bond acceptors (Lipinski definition) is 4. The summed E-state index contributed by atoms with van der Waals surface area (Å²) in [5, 5.41) is 10.0. The van der Waals surface area contributed by atoms with Crippen molar-refractivity contribution in [1.29, 1.82) is 0 Å². The molecule has 4 heteroatoms. The van der Waals surface area contributed by atoms with E-state index in [0.29, 0.717) is 0 Å². The van der Waals surface area contributed by atoms with Crippen LogP contribution in [0, 0.1) is 0 Å². The summed E-state index contributed by atoms with van der Waals surface area (Å²) in [6.07, 6.45) is 0. The molecule has 0 aromatic heterocycles. The second-order valence-electron chi connectivity index (χ2n) is 5.55. The van der Waals surface area contributed by atoms with Crippen LogP contribution in [-0.2, 0) is 0 Å². The van der Waals surface area contributed by atoms with Crippen LogP contribution >= 0.6 is 0 Å². The van der Waals surface area contributed by atoms with Crippen molar-refractivity contribution < 1.29 is 14.6 Å². The quantitative estimate of drug-likeness (QED) is 0.780. The van der Waals surface area contributed by atoms with Crippen LogP contribution in [0.4, 0.5) is 0 Å². The van der Waals surface area contributed by atoms with Gasteiger partial charge in [0, 0.05) is 0 Å². The Hall–Kier alpha value is -3.27. The van der Waals surface area contributed by atoms with Gasteiger partial charge in [-0.1, -0.05) is 24.3 Å². The molecule has 0 saturated carbocycles. The van der Waals surface area contributed by atoms with Gasteiger partial charge in [0.05, 0.1) is 14.2 Å². The third-order valence-corrected chi connectivity index (χ3v) is 3.99. The maximum Gasteiger partial charge on any atom is 0.220 e. The molecule has 0 aliphatic rings. The summed E-state index contributed by atoms with van der Waals surface area (Å²) in [4.78, 5) is 12.1. The highest BCUT2D eigenvalue weighted by molar-refractivity contribution is 5.73. The predicted molar refractivity (Wildman–Crippen MR) is 98.4 cm³/mol. The average Bonchev–Trinajstić information content (AvgIpc) is 2.81. The normalized spacial score (nSPS) is 10.3. The minimum Gasteiger partial charge on any atom is -0.504 e. The van der Waals surface area contributed by atoms with Crippen molar-refractivity contribution in [1.82, 2.24) is 0 Å². The average molecular weight is 334 g/mol. The second kappa shape index (κ2) is 7.09. The van der Waals surface area contributed by atoms with Crippen LogP contribution < -0.4 is 14.9 Å². The fourth-order valence-corrected chi connectivity index (χ4v) is 2.58. The fraction of sp³-hybridized carbons (Fsp3) is 0.0952. The summed E-state index contributed by atoms with van der Waals surface area (Å²) in [5.41, 5.74) is 2.78. The topological polar surface area (TPSA) is 55.8 Å². The zero-order valence-electron chi connectivity index (χ0n) is 14.0. The lowest BCUT2D eigenvalue weighted by molar-refractivity contribution is 0.415. The van der Waals surface area contributed by atoms with Crippen LogP contribution in [0.3, 0.4) is 0 Å². The van der Waals surface area contributed by atoms with E-state index in [9.17, 15) is 9.90 Å². The summed E-state index contributed by atoms with van der Waals surface area (Å²) >= 11 is 0. The Morgan fingerprint density at radius 3 is 1.52 bits per heavy atom. The van der Waals surface area contributed by atoms with E-state index in [0.717, 1.165) is 33.8 Å². The second-order valence-corrected chi connectivity index (χ2v) is 5.55. The van der Waals surface area contributed by atoms with Crippen molar-refractivity contribution in [3.63, 3.8) is 0 Å². The Morgan fingerprint density at radius 2 is 1.08 bits per heavy atom. The van der Waals surface area contributed by atoms with Crippen LogP contribution in [0.15, 0.2) is 71.5 Å². The summed E-state index contributed by atoms with van der Waals surface area (Å²) in [6, 6.07) is 19.7. The molecule has 1 N–H and O–H groups in total. The molecular weight excluding hydrogens is 316 g/mol. The summed E-state index contributed by atoms with van der Waals surface area (Å²) in [7, 11) is 3.21. The zero-order valence-corrected chi connectivity index (χ0v) is 14.0. The van der Waals surface area contributed by atoms with E-state index in [1.54, 1.807) is 14.2 Å². The number of ether oxygens (including phenoxy) is 2. The Morgan fingerprint density at radius 1 is 0.640 bits per heavy atom. The molecule has 0 atom stereocenters. The fourth-order valence-electron chi connectivity index (χ4n) is 2.58. The largest absolute Gasteiger partial charge is 0.504 e. The minimum atomic E-state index is -0.425. The van der Waals surface area contributed by atoms with Gasteiger partial charge in [-0.15, -0.1) is 0 Å². The first-order chi connectivity index (χ1) is 12.1. The smallest absolute Gasteiger partial charge is 0.220 e. The lowest BCUT2D eigenvalue weighted by Gasteiger charge is -2.05. The molecule has 0 aliphatic carbocycles. The highest BCUT2D eigenvalue weighted by atomic mass is 16.5. The number of methoxy groups -OCH3 is 2. The molecule has 0 aliphatic heterocycles. The first-order valence-electron chi connectivity index (χ1n) is 7.78. The van der Waals surface area contributed by atoms with E-state index in [4.69, 9.17) is 9.47 Å². The number of hydrogen-bond donors (Lipinski definition) is 1. The van der Waals surface area contributed by atoms with Gasteiger partial charge in [0.25, 0.3) is 0 Å². The molecule has 0 radical (unpaired) electrons. The summed E-state index contributed by atoms with van der Waals surface area (Å²) < 4.78 is 10.3. The maximum atomic E-state index is 12.1. The van der Waals surface area contributed by atoms with E-state index in [-0.39, 0.29) is 5.75 Å². The molecule has 25 heavy (non-hydrogen) atoms. The van der Waals surface area contributed by atoms with Gasteiger partial charge >= 0.3 is 0 Å². The van der Waals surface area contributed by atoms with E-state index < -0.39 is 5.43 Å². The molecule has 0 spiro atoms. The van der Waals surface area contributed by atoms with Gasteiger partial charge in [0.15, 0.2) is 5.75 Å². The molecule has 126 valence electrons. The van der Waals surface area contributed by atoms with Gasteiger partial charge in [-0.05, 0) is 64.7 Å². The first-order valence-corrected chi connectivity index (χ1v) is 7.78. The van der Waals surface area contributed by atoms with Crippen LogP contribution in [0.1, 0.15) is 0 Å². The highest BCUT2D eigenvalue weighted by Crippen LogP contribution is 2.28. The van der Waals surface area contributed by atoms with Crippen LogP contribution in [-0.4, -0.2) is 19.3 Å². The van der Waals surface area contributed by atoms with Crippen molar-refractivity contribution in [3.05, 3.63) is 77.0 Å². The van der Waals surface area contributed by atoms with Crippen molar-refractivity contribution >= 4 is 0 Å². The summed E-state index contributed by atoms with van der Waals surface area (Å²) in [5.74, 6) is 1.20. The van der Waals surface area contributed by atoms with E-state index in [2.05, 4.69) is 0 Å². The molecule has 0 saturated heterocycles. The van der Waals surface area contributed by atoms with Gasteiger partial charge in [-0.25, -0.2) is 0 Å². The van der Waals surface area contributed by atoms with Crippen LogP contribution in [0.25, 0.3) is 22.3 Å². The van der Waals surface area contributed by atoms with Crippen LogP contribution in [0.2, 0.25) is 0 Å². The predicted octanol–water partition coefficient (Wildman–Crippen LogP) is 4.10. The van der Waals surface area contributed by atoms with Gasteiger partial charge < -0.3 is 14.6 Å². The number of rotatable bonds is 4. The van der Waals surface area contributed by atoms with Crippen molar-refractivity contribution in [2.75, 3.05) is 14.2 Å². The van der Waals surface area contributed by atoms with E-state index in [1.807, 2.05) is 54.6 Å². The molecular formula is C21H18O4. The molecule has 0 bridgehead atoms. The zero-order chi connectivity index (χ0) is 17.8. The highest BCUT2D eigenvalue weighted by Gasteiger charge is 2.06. The molecule has 3 aromatic rings. The number of benzene rings is 2.